The number of amides is 1. The average molecular weight is 340 g/mol. The topological polar surface area (TPSA) is 42.0 Å². The van der Waals surface area contributed by atoms with E-state index >= 15 is 0 Å². The van der Waals surface area contributed by atoms with Crippen LogP contribution in [0.3, 0.4) is 0 Å². The van der Waals surface area contributed by atoms with E-state index in [2.05, 4.69) is 16.4 Å². The molecule has 3 aromatic rings. The van der Waals surface area contributed by atoms with E-state index in [1.165, 1.54) is 34.7 Å². The van der Waals surface area contributed by atoms with Gasteiger partial charge in [0.05, 0.1) is 6.20 Å². The summed E-state index contributed by atoms with van der Waals surface area (Å²) < 4.78 is 13.8. The van der Waals surface area contributed by atoms with Crippen molar-refractivity contribution in [2.75, 3.05) is 6.54 Å². The Bertz CT molecular complexity index is 860. The second-order valence-electron chi connectivity index (χ2n) is 5.50. The Morgan fingerprint density at radius 2 is 2.04 bits per heavy atom. The van der Waals surface area contributed by atoms with Crippen molar-refractivity contribution in [3.05, 3.63) is 76.5 Å². The number of nitrogens with zero attached hydrogens (tertiary/aromatic N) is 1. The summed E-state index contributed by atoms with van der Waals surface area (Å²) in [5, 5.41) is 3.40. The quantitative estimate of drug-likeness (QED) is 0.755. The zero-order valence-corrected chi connectivity index (χ0v) is 14.1. The molecule has 2 aromatic carbocycles. The number of nitrogens with one attached hydrogen (secondary N) is 1. The van der Waals surface area contributed by atoms with Gasteiger partial charge >= 0.3 is 0 Å². The van der Waals surface area contributed by atoms with Gasteiger partial charge in [-0.3, -0.25) is 4.79 Å². The molecule has 1 heterocycles. The van der Waals surface area contributed by atoms with Crippen LogP contribution in [0, 0.1) is 12.7 Å². The third kappa shape index (κ3) is 3.86. The molecule has 122 valence electrons. The highest BCUT2D eigenvalue weighted by atomic mass is 32.1. The van der Waals surface area contributed by atoms with E-state index in [1.54, 1.807) is 18.2 Å². The normalized spacial score (nSPS) is 10.6. The summed E-state index contributed by atoms with van der Waals surface area (Å²) in [5.41, 5.74) is 2.81. The van der Waals surface area contributed by atoms with Crippen LogP contribution >= 0.6 is 11.3 Å². The monoisotopic (exact) mass is 340 g/mol. The largest absolute Gasteiger partial charge is 0.351 e. The van der Waals surface area contributed by atoms with Crippen molar-refractivity contribution in [1.29, 1.82) is 0 Å². The van der Waals surface area contributed by atoms with Crippen molar-refractivity contribution in [2.24, 2.45) is 0 Å². The lowest BCUT2D eigenvalue weighted by Crippen LogP contribution is -2.24. The second-order valence-corrected chi connectivity index (χ2v) is 6.54. The number of carbonyl (C=O) groups is 1. The molecule has 1 N–H and O–H groups in total. The number of thiazole rings is 1. The third-order valence-corrected chi connectivity index (χ3v) is 4.64. The van der Waals surface area contributed by atoms with Crippen LogP contribution in [0.2, 0.25) is 0 Å². The van der Waals surface area contributed by atoms with Crippen LogP contribution < -0.4 is 5.32 Å². The van der Waals surface area contributed by atoms with Crippen LogP contribution in [-0.2, 0) is 6.42 Å². The van der Waals surface area contributed by atoms with Crippen LogP contribution in [0.1, 0.15) is 20.8 Å². The minimum Gasteiger partial charge on any atom is -0.351 e. The number of rotatable bonds is 5. The number of halogens is 1. The maximum absolute atomic E-state index is 13.8. The summed E-state index contributed by atoms with van der Waals surface area (Å²) in [5.74, 6) is -0.513. The van der Waals surface area contributed by atoms with Gasteiger partial charge in [-0.2, -0.15) is 0 Å². The molecule has 0 bridgehead atoms. The summed E-state index contributed by atoms with van der Waals surface area (Å²) in [4.78, 5) is 16.8. The average Bonchev–Trinajstić information content (AvgIpc) is 3.05. The summed E-state index contributed by atoms with van der Waals surface area (Å²) >= 11 is 1.19. The minimum absolute atomic E-state index is 0.178. The zero-order valence-electron chi connectivity index (χ0n) is 13.3. The highest BCUT2D eigenvalue weighted by Crippen LogP contribution is 2.27. The molecular weight excluding hydrogens is 323 g/mol. The van der Waals surface area contributed by atoms with Gasteiger partial charge in [-0.05, 0) is 31.0 Å². The molecule has 0 radical (unpaired) electrons. The first-order valence-corrected chi connectivity index (χ1v) is 8.49. The summed E-state index contributed by atoms with van der Waals surface area (Å²) in [6.07, 6.45) is 2.26. The van der Waals surface area contributed by atoms with Gasteiger partial charge in [0.2, 0.25) is 0 Å². The summed E-state index contributed by atoms with van der Waals surface area (Å²) in [6.45, 7) is 2.60. The number of aromatic nitrogens is 1. The molecule has 0 spiro atoms. The maximum Gasteiger partial charge on any atom is 0.263 e. The second kappa shape index (κ2) is 7.36. The molecule has 3 rings (SSSR count). The van der Waals surface area contributed by atoms with Crippen LogP contribution in [0.5, 0.6) is 0 Å². The van der Waals surface area contributed by atoms with Crippen molar-refractivity contribution >= 4 is 17.2 Å². The number of aryl methyl sites for hydroxylation is 1. The number of hydrogen-bond donors (Lipinski definition) is 1. The van der Waals surface area contributed by atoms with E-state index in [4.69, 9.17) is 0 Å². The first-order chi connectivity index (χ1) is 11.6. The molecule has 0 atom stereocenters. The Balaban J connectivity index is 1.61. The fourth-order valence-electron chi connectivity index (χ4n) is 2.41. The predicted molar refractivity (Wildman–Crippen MR) is 94.7 cm³/mol. The fraction of sp³-hybridized carbons (Fsp3) is 0.158. The van der Waals surface area contributed by atoms with E-state index in [0.717, 1.165) is 6.42 Å². The van der Waals surface area contributed by atoms with E-state index in [0.29, 0.717) is 22.0 Å². The first kappa shape index (κ1) is 16.3. The molecule has 1 amide bonds. The Hall–Kier alpha value is -2.53. The Morgan fingerprint density at radius 3 is 2.83 bits per heavy atom. The predicted octanol–water partition coefficient (Wildman–Crippen LogP) is 4.23. The van der Waals surface area contributed by atoms with Crippen molar-refractivity contribution in [1.82, 2.24) is 10.3 Å². The molecule has 24 heavy (non-hydrogen) atoms. The molecule has 1 aromatic heterocycles. The molecule has 0 unspecified atom stereocenters. The van der Waals surface area contributed by atoms with E-state index in [-0.39, 0.29) is 11.7 Å². The molecule has 0 aliphatic heterocycles. The molecule has 3 nitrogen and oxygen atoms in total. The van der Waals surface area contributed by atoms with Crippen LogP contribution in [0.25, 0.3) is 10.6 Å². The van der Waals surface area contributed by atoms with Crippen LogP contribution in [0.4, 0.5) is 4.39 Å². The lowest BCUT2D eigenvalue weighted by molar-refractivity contribution is 0.0958. The fourth-order valence-corrected chi connectivity index (χ4v) is 3.27. The Morgan fingerprint density at radius 1 is 1.21 bits per heavy atom. The van der Waals surface area contributed by atoms with Gasteiger partial charge in [0, 0.05) is 12.1 Å². The summed E-state index contributed by atoms with van der Waals surface area (Å²) in [7, 11) is 0. The van der Waals surface area contributed by atoms with Crippen molar-refractivity contribution in [3.63, 3.8) is 0 Å². The Kier molecular flexibility index (Phi) is 5.01. The lowest BCUT2D eigenvalue weighted by atomic mass is 10.1. The highest BCUT2D eigenvalue weighted by Gasteiger charge is 2.13. The molecule has 0 aliphatic rings. The van der Waals surface area contributed by atoms with Gasteiger partial charge in [-0.25, -0.2) is 9.37 Å². The molecule has 5 heteroatoms. The van der Waals surface area contributed by atoms with Gasteiger partial charge in [-0.15, -0.1) is 11.3 Å². The van der Waals surface area contributed by atoms with Crippen molar-refractivity contribution < 1.29 is 9.18 Å². The maximum atomic E-state index is 13.8. The van der Waals surface area contributed by atoms with Gasteiger partial charge in [0.15, 0.2) is 0 Å². The number of hydrogen-bond acceptors (Lipinski definition) is 3. The van der Waals surface area contributed by atoms with Gasteiger partial charge in [0.1, 0.15) is 15.7 Å². The smallest absolute Gasteiger partial charge is 0.263 e. The SMILES string of the molecule is Cc1cccc(CCNC(=O)c2cnc(-c3ccccc3F)s2)c1. The van der Waals surface area contributed by atoms with E-state index < -0.39 is 0 Å². The Labute approximate surface area is 144 Å². The van der Waals surface area contributed by atoms with Gasteiger partial charge < -0.3 is 5.32 Å². The van der Waals surface area contributed by atoms with E-state index in [1.807, 2.05) is 25.1 Å². The minimum atomic E-state index is -0.335. The van der Waals surface area contributed by atoms with Gasteiger partial charge in [-0.1, -0.05) is 42.0 Å². The molecule has 0 saturated heterocycles. The molecule has 0 fully saturated rings. The molecular formula is C19H17FN2OS. The third-order valence-electron chi connectivity index (χ3n) is 3.62. The molecule has 0 saturated carbocycles. The number of benzene rings is 2. The van der Waals surface area contributed by atoms with Crippen LogP contribution in [-0.4, -0.2) is 17.4 Å². The molecule has 0 aliphatic carbocycles. The lowest BCUT2D eigenvalue weighted by Gasteiger charge is -2.04. The standard InChI is InChI=1S/C19H17FN2OS/c1-13-5-4-6-14(11-13)9-10-21-18(23)17-12-22-19(24-17)15-7-2-3-8-16(15)20/h2-8,11-12H,9-10H2,1H3,(H,21,23). The van der Waals surface area contributed by atoms with Gasteiger partial charge in [0.25, 0.3) is 5.91 Å². The van der Waals surface area contributed by atoms with Crippen molar-refractivity contribution in [2.45, 2.75) is 13.3 Å². The summed E-state index contributed by atoms with van der Waals surface area (Å²) in [6, 6.07) is 14.6. The van der Waals surface area contributed by atoms with Crippen LogP contribution in [0.15, 0.2) is 54.7 Å². The van der Waals surface area contributed by atoms with Crippen molar-refractivity contribution in [3.8, 4) is 10.6 Å². The van der Waals surface area contributed by atoms with E-state index in [9.17, 15) is 9.18 Å². The number of carbonyl (C=O) groups excluding carboxylic acids is 1. The zero-order chi connectivity index (χ0) is 16.9. The highest BCUT2D eigenvalue weighted by molar-refractivity contribution is 7.16. The first-order valence-electron chi connectivity index (χ1n) is 7.68.